The zero-order chi connectivity index (χ0) is 29.7. The standard InChI is InChI=1S/C32H45N3O5S/c1-6-10-11-12-20-40-31(39)26-25-17-18-32(41-25)27(26)29(37)35(22(5)21-36)28(32)30(38)34(19-7-2)24-15-13-23(14-16-24)33(8-3)9-4/h6-7,13-16,22,25-28,36H,1-2,8-12,17-21H2,3-5H3/t22-,25-,26+,27+,28?,32?/m1/s1. The zero-order valence-electron chi connectivity index (χ0n) is 24.7. The SMILES string of the molecule is C=CCCCCOC(=O)[C@@H]1[C@H]2C(=O)N([C@H](C)CO)C(C(=O)N(CC=C)c3ccc(N(CC)CC)cc3)C23CC[C@H]1S3. The molecule has 0 saturated carbocycles. The number of carbonyl (C=O) groups excluding carboxylic acids is 3. The Labute approximate surface area is 248 Å². The molecule has 1 N–H and O–H groups in total. The number of fused-ring (bicyclic) bond motifs is 1. The highest BCUT2D eigenvalue weighted by atomic mass is 32.2. The average Bonchev–Trinajstić information content (AvgIpc) is 3.63. The maximum absolute atomic E-state index is 14.6. The van der Waals surface area contributed by atoms with Crippen molar-refractivity contribution in [3.05, 3.63) is 49.6 Å². The Balaban J connectivity index is 1.65. The molecule has 3 aliphatic heterocycles. The first-order chi connectivity index (χ1) is 19.8. The number of allylic oxidation sites excluding steroid dienone is 1. The smallest absolute Gasteiger partial charge is 0.310 e. The van der Waals surface area contributed by atoms with Gasteiger partial charge in [0.05, 0.1) is 35.8 Å². The first-order valence-corrected chi connectivity index (χ1v) is 15.8. The molecule has 8 nitrogen and oxygen atoms in total. The number of benzene rings is 1. The molecule has 3 fully saturated rings. The topological polar surface area (TPSA) is 90.4 Å². The van der Waals surface area contributed by atoms with E-state index < -0.39 is 28.7 Å². The molecule has 1 aromatic carbocycles. The van der Waals surface area contributed by atoms with E-state index in [9.17, 15) is 19.5 Å². The molecule has 2 unspecified atom stereocenters. The number of ether oxygens (including phenoxy) is 1. The van der Waals surface area contributed by atoms with Gasteiger partial charge < -0.3 is 24.5 Å². The van der Waals surface area contributed by atoms with Crippen LogP contribution in [0.3, 0.4) is 0 Å². The molecule has 3 saturated heterocycles. The summed E-state index contributed by atoms with van der Waals surface area (Å²) in [6.07, 6.45) is 7.43. The second-order valence-electron chi connectivity index (χ2n) is 11.2. The van der Waals surface area contributed by atoms with Gasteiger partial charge in [-0.3, -0.25) is 14.4 Å². The van der Waals surface area contributed by atoms with E-state index >= 15 is 0 Å². The predicted molar refractivity (Wildman–Crippen MR) is 165 cm³/mol. The summed E-state index contributed by atoms with van der Waals surface area (Å²) in [6.45, 7) is 15.7. The largest absolute Gasteiger partial charge is 0.465 e. The zero-order valence-corrected chi connectivity index (χ0v) is 25.5. The Bertz CT molecular complexity index is 1120. The van der Waals surface area contributed by atoms with Gasteiger partial charge in [-0.1, -0.05) is 12.2 Å². The van der Waals surface area contributed by atoms with Crippen molar-refractivity contribution in [1.29, 1.82) is 0 Å². The number of amides is 2. The summed E-state index contributed by atoms with van der Waals surface area (Å²) < 4.78 is 4.94. The maximum Gasteiger partial charge on any atom is 0.310 e. The second-order valence-corrected chi connectivity index (χ2v) is 12.8. The van der Waals surface area contributed by atoms with Crippen LogP contribution < -0.4 is 9.80 Å². The van der Waals surface area contributed by atoms with Crippen molar-refractivity contribution in [2.75, 3.05) is 42.6 Å². The third kappa shape index (κ3) is 5.67. The van der Waals surface area contributed by atoms with Crippen molar-refractivity contribution in [2.24, 2.45) is 11.8 Å². The van der Waals surface area contributed by atoms with Crippen LogP contribution in [-0.4, -0.2) is 82.7 Å². The number of hydrogen-bond donors (Lipinski definition) is 1. The highest BCUT2D eigenvalue weighted by Crippen LogP contribution is 2.67. The van der Waals surface area contributed by atoms with Crippen LogP contribution in [0.25, 0.3) is 0 Å². The summed E-state index contributed by atoms with van der Waals surface area (Å²) in [4.78, 5) is 47.5. The quantitative estimate of drug-likeness (QED) is 0.186. The lowest BCUT2D eigenvalue weighted by molar-refractivity contribution is -0.154. The van der Waals surface area contributed by atoms with Crippen LogP contribution >= 0.6 is 11.8 Å². The minimum Gasteiger partial charge on any atom is -0.465 e. The van der Waals surface area contributed by atoms with Crippen molar-refractivity contribution in [3.63, 3.8) is 0 Å². The van der Waals surface area contributed by atoms with Crippen LogP contribution in [-0.2, 0) is 19.1 Å². The number of likely N-dealkylation sites (tertiary alicyclic amines) is 1. The van der Waals surface area contributed by atoms with Crippen LogP contribution in [0.1, 0.15) is 52.9 Å². The fraction of sp³-hybridized carbons (Fsp3) is 0.594. The monoisotopic (exact) mass is 583 g/mol. The van der Waals surface area contributed by atoms with Gasteiger partial charge >= 0.3 is 5.97 Å². The molecule has 0 radical (unpaired) electrons. The van der Waals surface area contributed by atoms with E-state index in [1.807, 2.05) is 30.3 Å². The number of esters is 1. The molecule has 2 bridgehead atoms. The number of hydrogen-bond acceptors (Lipinski definition) is 7. The molecule has 1 aromatic rings. The maximum atomic E-state index is 14.6. The van der Waals surface area contributed by atoms with E-state index in [2.05, 4.69) is 31.9 Å². The number of unbranched alkanes of at least 4 members (excludes halogenated alkanes) is 2. The van der Waals surface area contributed by atoms with Crippen LogP contribution in [0.2, 0.25) is 0 Å². The summed E-state index contributed by atoms with van der Waals surface area (Å²) in [5.74, 6) is -2.02. The Morgan fingerprint density at radius 1 is 1.17 bits per heavy atom. The highest BCUT2D eigenvalue weighted by molar-refractivity contribution is 8.02. The van der Waals surface area contributed by atoms with Crippen molar-refractivity contribution >= 4 is 40.9 Å². The summed E-state index contributed by atoms with van der Waals surface area (Å²) in [5.41, 5.74) is 1.80. The lowest BCUT2D eigenvalue weighted by atomic mass is 9.71. The van der Waals surface area contributed by atoms with Crippen molar-refractivity contribution in [3.8, 4) is 0 Å². The average molecular weight is 584 g/mol. The number of thioether (sulfide) groups is 1. The first kappa shape index (κ1) is 31.2. The van der Waals surface area contributed by atoms with Gasteiger partial charge in [-0.2, -0.15) is 0 Å². The van der Waals surface area contributed by atoms with Crippen LogP contribution in [0.4, 0.5) is 11.4 Å². The molecule has 4 rings (SSSR count). The van der Waals surface area contributed by atoms with Crippen LogP contribution in [0, 0.1) is 11.8 Å². The molecule has 9 heteroatoms. The van der Waals surface area contributed by atoms with Gasteiger partial charge in [0, 0.05) is 36.3 Å². The number of carbonyl (C=O) groups is 3. The van der Waals surface area contributed by atoms with E-state index in [4.69, 9.17) is 4.74 Å². The van der Waals surface area contributed by atoms with Gasteiger partial charge in [-0.05, 0) is 77.1 Å². The minimum atomic E-state index is -0.801. The fourth-order valence-corrected chi connectivity index (χ4v) is 9.08. The van der Waals surface area contributed by atoms with Crippen LogP contribution in [0.5, 0.6) is 0 Å². The van der Waals surface area contributed by atoms with Gasteiger partial charge in [0.2, 0.25) is 5.91 Å². The Hall–Kier alpha value is -2.78. The fourth-order valence-electron chi connectivity index (χ4n) is 6.89. The Morgan fingerprint density at radius 3 is 2.46 bits per heavy atom. The third-order valence-corrected chi connectivity index (χ3v) is 10.8. The number of aliphatic hydroxyl groups is 1. The summed E-state index contributed by atoms with van der Waals surface area (Å²) in [5, 5.41) is 10.1. The van der Waals surface area contributed by atoms with E-state index in [0.29, 0.717) is 13.0 Å². The molecule has 3 heterocycles. The van der Waals surface area contributed by atoms with Crippen LogP contribution in [0.15, 0.2) is 49.6 Å². The third-order valence-electron chi connectivity index (χ3n) is 8.90. The van der Waals surface area contributed by atoms with E-state index in [1.54, 1.807) is 34.6 Å². The van der Waals surface area contributed by atoms with Crippen molar-refractivity contribution in [1.82, 2.24) is 4.90 Å². The minimum absolute atomic E-state index is 0.0623. The molecule has 41 heavy (non-hydrogen) atoms. The molecule has 224 valence electrons. The number of aliphatic hydroxyl groups excluding tert-OH is 1. The van der Waals surface area contributed by atoms with Gasteiger partial charge in [0.25, 0.3) is 5.91 Å². The van der Waals surface area contributed by atoms with Crippen molar-refractivity contribution < 1.29 is 24.2 Å². The highest BCUT2D eigenvalue weighted by Gasteiger charge is 2.74. The first-order valence-electron chi connectivity index (χ1n) is 14.9. The number of nitrogens with zero attached hydrogens (tertiary/aromatic N) is 3. The molecule has 0 aromatic heterocycles. The van der Waals surface area contributed by atoms with E-state index in [0.717, 1.165) is 50.1 Å². The molecular formula is C32H45N3O5S. The lowest BCUT2D eigenvalue weighted by Crippen LogP contribution is -2.57. The molecule has 3 aliphatic rings. The molecule has 0 aliphatic carbocycles. The molecule has 1 spiro atoms. The molecule has 2 amide bonds. The van der Waals surface area contributed by atoms with Gasteiger partial charge in [-0.15, -0.1) is 24.9 Å². The molecular weight excluding hydrogens is 538 g/mol. The Morgan fingerprint density at radius 2 is 1.85 bits per heavy atom. The molecule has 6 atom stereocenters. The number of rotatable bonds is 15. The predicted octanol–water partition coefficient (Wildman–Crippen LogP) is 4.42. The van der Waals surface area contributed by atoms with E-state index in [1.165, 1.54) is 0 Å². The normalized spacial score (nSPS) is 26.9. The summed E-state index contributed by atoms with van der Waals surface area (Å²) in [7, 11) is 0. The van der Waals surface area contributed by atoms with Gasteiger partial charge in [0.15, 0.2) is 0 Å². The van der Waals surface area contributed by atoms with Gasteiger partial charge in [-0.25, -0.2) is 0 Å². The lowest BCUT2D eigenvalue weighted by Gasteiger charge is -2.39. The summed E-state index contributed by atoms with van der Waals surface area (Å²) in [6, 6.07) is 6.53. The van der Waals surface area contributed by atoms with Crippen molar-refractivity contribution in [2.45, 2.75) is 75.0 Å². The summed E-state index contributed by atoms with van der Waals surface area (Å²) >= 11 is 1.61. The van der Waals surface area contributed by atoms with Gasteiger partial charge in [0.1, 0.15) is 6.04 Å². The number of anilines is 2. The second kappa shape index (κ2) is 13.5. The van der Waals surface area contributed by atoms with E-state index in [-0.39, 0.29) is 36.2 Å². The Kier molecular flexibility index (Phi) is 10.2.